The highest BCUT2D eigenvalue weighted by molar-refractivity contribution is 7.71. The maximum atomic E-state index is 11.9. The predicted octanol–water partition coefficient (Wildman–Crippen LogP) is -1.72. The number of methoxy groups -OCH3 is 1. The van der Waals surface area contributed by atoms with E-state index in [9.17, 15) is 15.0 Å². The smallest absolute Gasteiger partial charge is 0.330 e. The molecule has 8 nitrogen and oxygen atoms in total. The van der Waals surface area contributed by atoms with E-state index < -0.39 is 36.5 Å². The zero-order valence-electron chi connectivity index (χ0n) is 10.0. The van der Waals surface area contributed by atoms with Crippen LogP contribution in [0, 0.1) is 4.64 Å². The van der Waals surface area contributed by atoms with Gasteiger partial charge in [0.1, 0.15) is 16.8 Å². The molecule has 0 bridgehead atoms. The van der Waals surface area contributed by atoms with Crippen molar-refractivity contribution in [2.24, 2.45) is 0 Å². The average Bonchev–Trinajstić information content (AvgIpc) is 2.64. The Morgan fingerprint density at radius 1 is 1.63 bits per heavy atom. The predicted molar refractivity (Wildman–Crippen MR) is 64.8 cm³/mol. The number of hydrogen-bond acceptors (Lipinski definition) is 7. The second kappa shape index (κ2) is 5.12. The Balaban J connectivity index is 2.55. The number of aliphatic hydroxyl groups is 3. The number of H-pyrrole nitrogens is 1. The fourth-order valence-corrected chi connectivity index (χ4v) is 2.20. The third-order valence-electron chi connectivity index (χ3n) is 3.03. The average molecular weight is 290 g/mol. The number of nitrogens with zero attached hydrogens (tertiary/aromatic N) is 1. The van der Waals surface area contributed by atoms with Gasteiger partial charge in [0, 0.05) is 13.3 Å². The zero-order valence-corrected chi connectivity index (χ0v) is 10.8. The van der Waals surface area contributed by atoms with Crippen molar-refractivity contribution in [2.45, 2.75) is 24.2 Å². The summed E-state index contributed by atoms with van der Waals surface area (Å²) in [6.07, 6.45) is -2.72. The van der Waals surface area contributed by atoms with Crippen molar-refractivity contribution in [3.8, 4) is 0 Å². The summed E-state index contributed by atoms with van der Waals surface area (Å²) in [5.74, 6) is -1.91. The van der Waals surface area contributed by atoms with E-state index in [0.29, 0.717) is 0 Å². The normalized spacial score (nSPS) is 34.6. The minimum Gasteiger partial charge on any atom is -0.394 e. The Morgan fingerprint density at radius 3 is 2.79 bits per heavy atom. The lowest BCUT2D eigenvalue weighted by Gasteiger charge is -2.31. The molecule has 1 fully saturated rings. The van der Waals surface area contributed by atoms with Gasteiger partial charge in [-0.05, 0) is 6.07 Å². The van der Waals surface area contributed by atoms with Crippen LogP contribution in [-0.2, 0) is 15.4 Å². The van der Waals surface area contributed by atoms with E-state index in [1.807, 2.05) is 0 Å². The molecule has 0 saturated carbocycles. The summed E-state index contributed by atoms with van der Waals surface area (Å²) >= 11 is 4.80. The molecule has 2 rings (SSSR count). The van der Waals surface area contributed by atoms with Gasteiger partial charge in [-0.2, -0.15) is 0 Å². The molecule has 4 atom stereocenters. The molecule has 0 aromatic carbocycles. The molecular formula is C10H14N2O6S. The van der Waals surface area contributed by atoms with Crippen LogP contribution >= 0.6 is 12.2 Å². The zero-order chi connectivity index (χ0) is 14.2. The topological polar surface area (TPSA) is 117 Å². The lowest BCUT2D eigenvalue weighted by molar-refractivity contribution is -0.306. The van der Waals surface area contributed by atoms with E-state index in [0.717, 1.165) is 4.57 Å². The highest BCUT2D eigenvalue weighted by atomic mass is 32.1. The van der Waals surface area contributed by atoms with Crippen LogP contribution in [0.2, 0.25) is 0 Å². The Kier molecular flexibility index (Phi) is 3.85. The monoisotopic (exact) mass is 290 g/mol. The number of ether oxygens (including phenoxy) is 2. The lowest BCUT2D eigenvalue weighted by Crippen LogP contribution is -2.51. The largest absolute Gasteiger partial charge is 0.394 e. The summed E-state index contributed by atoms with van der Waals surface area (Å²) in [6.45, 7) is -0.527. The SMILES string of the molecule is CO[C@@]1(n2ccc(=S)[nH]c2=O)O[C@H](CO)[C@@H](O)[C@H]1O. The Bertz CT molecular complexity index is 572. The van der Waals surface area contributed by atoms with E-state index in [1.54, 1.807) is 0 Å². The van der Waals surface area contributed by atoms with E-state index in [1.165, 1.54) is 19.4 Å². The second-order valence-electron chi connectivity index (χ2n) is 4.09. The molecule has 1 aliphatic heterocycles. The van der Waals surface area contributed by atoms with Crippen molar-refractivity contribution in [2.75, 3.05) is 13.7 Å². The molecule has 0 amide bonds. The van der Waals surface area contributed by atoms with Crippen molar-refractivity contribution in [3.63, 3.8) is 0 Å². The molecule has 0 unspecified atom stereocenters. The van der Waals surface area contributed by atoms with Gasteiger partial charge in [0.2, 0.25) is 0 Å². The number of aliphatic hydroxyl groups excluding tert-OH is 3. The number of hydrogen-bond donors (Lipinski definition) is 4. The molecule has 2 heterocycles. The van der Waals surface area contributed by atoms with E-state index in [2.05, 4.69) is 4.98 Å². The Morgan fingerprint density at radius 2 is 2.32 bits per heavy atom. The highest BCUT2D eigenvalue weighted by Crippen LogP contribution is 2.35. The molecular weight excluding hydrogens is 276 g/mol. The van der Waals surface area contributed by atoms with E-state index >= 15 is 0 Å². The quantitative estimate of drug-likeness (QED) is 0.489. The Hall–Kier alpha value is -1.10. The van der Waals surface area contributed by atoms with Gasteiger partial charge >= 0.3 is 5.69 Å². The van der Waals surface area contributed by atoms with Crippen LogP contribution in [0.1, 0.15) is 0 Å². The first-order chi connectivity index (χ1) is 8.96. The van der Waals surface area contributed by atoms with Crippen LogP contribution in [0.3, 0.4) is 0 Å². The maximum Gasteiger partial charge on any atom is 0.330 e. The van der Waals surface area contributed by atoms with Crippen LogP contribution in [0.4, 0.5) is 0 Å². The molecule has 1 aromatic heterocycles. The molecule has 9 heteroatoms. The van der Waals surface area contributed by atoms with E-state index in [-0.39, 0.29) is 4.64 Å². The van der Waals surface area contributed by atoms with Crippen LogP contribution in [-0.4, -0.2) is 56.9 Å². The van der Waals surface area contributed by atoms with Crippen molar-refractivity contribution in [3.05, 3.63) is 27.4 Å². The van der Waals surface area contributed by atoms with Crippen LogP contribution < -0.4 is 5.69 Å². The van der Waals surface area contributed by atoms with Crippen LogP contribution in [0.25, 0.3) is 0 Å². The minimum absolute atomic E-state index is 0.208. The molecule has 0 radical (unpaired) electrons. The minimum atomic E-state index is -1.91. The van der Waals surface area contributed by atoms with Gasteiger partial charge in [-0.15, -0.1) is 0 Å². The summed E-state index contributed by atoms with van der Waals surface area (Å²) in [5.41, 5.74) is -0.667. The maximum absolute atomic E-state index is 11.9. The third kappa shape index (κ3) is 2.14. The first kappa shape index (κ1) is 14.3. The first-order valence-electron chi connectivity index (χ1n) is 5.48. The highest BCUT2D eigenvalue weighted by Gasteiger charge is 2.56. The van der Waals surface area contributed by atoms with Gasteiger partial charge < -0.3 is 24.8 Å². The molecule has 1 aliphatic rings. The summed E-state index contributed by atoms with van der Waals surface area (Å²) in [7, 11) is 1.21. The van der Waals surface area contributed by atoms with Gasteiger partial charge in [-0.3, -0.25) is 4.98 Å². The molecule has 0 spiro atoms. The Labute approximate surface area is 112 Å². The van der Waals surface area contributed by atoms with Crippen molar-refractivity contribution in [1.29, 1.82) is 0 Å². The standard InChI is InChI=1S/C10H14N2O6S/c1-17-10(8(15)7(14)5(4-13)18-10)12-3-2-6(19)11-9(12)16/h2-3,5,7-8,13-15H,4H2,1H3,(H,11,16,19)/t5-,7-,8-,10-/m1/s1. The summed E-state index contributed by atoms with van der Waals surface area (Å²) in [6, 6.07) is 1.41. The van der Waals surface area contributed by atoms with E-state index in [4.69, 9.17) is 26.8 Å². The van der Waals surface area contributed by atoms with Crippen molar-refractivity contribution >= 4 is 12.2 Å². The number of aromatic nitrogens is 2. The summed E-state index contributed by atoms with van der Waals surface area (Å²) < 4.78 is 11.5. The summed E-state index contributed by atoms with van der Waals surface area (Å²) in [5, 5.41) is 28.9. The first-order valence-corrected chi connectivity index (χ1v) is 5.89. The number of aromatic amines is 1. The van der Waals surface area contributed by atoms with Gasteiger partial charge in [0.05, 0.1) is 6.61 Å². The molecule has 1 aromatic rings. The van der Waals surface area contributed by atoms with Crippen molar-refractivity contribution < 1.29 is 24.8 Å². The van der Waals surface area contributed by atoms with Gasteiger partial charge in [-0.25, -0.2) is 9.36 Å². The van der Waals surface area contributed by atoms with Crippen LogP contribution in [0.5, 0.6) is 0 Å². The second-order valence-corrected chi connectivity index (χ2v) is 4.53. The fraction of sp³-hybridized carbons (Fsp3) is 0.600. The molecule has 0 aliphatic carbocycles. The fourth-order valence-electron chi connectivity index (χ4n) is 2.05. The molecule has 19 heavy (non-hydrogen) atoms. The molecule has 1 saturated heterocycles. The lowest BCUT2D eigenvalue weighted by atomic mass is 10.1. The number of nitrogens with one attached hydrogen (secondary N) is 1. The molecule has 4 N–H and O–H groups in total. The van der Waals surface area contributed by atoms with Gasteiger partial charge in [-0.1, -0.05) is 12.2 Å². The molecule has 106 valence electrons. The van der Waals surface area contributed by atoms with Crippen LogP contribution in [0.15, 0.2) is 17.1 Å². The van der Waals surface area contributed by atoms with Gasteiger partial charge in [0.25, 0.3) is 5.91 Å². The summed E-state index contributed by atoms with van der Waals surface area (Å²) in [4.78, 5) is 14.2. The van der Waals surface area contributed by atoms with Gasteiger partial charge in [0.15, 0.2) is 6.10 Å². The third-order valence-corrected chi connectivity index (χ3v) is 3.27. The van der Waals surface area contributed by atoms with Crippen molar-refractivity contribution in [1.82, 2.24) is 9.55 Å². The number of rotatable bonds is 3.